The molecule has 11 heteroatoms. The van der Waals surface area contributed by atoms with E-state index >= 15 is 0 Å². The minimum atomic E-state index is -4.42. The van der Waals surface area contributed by atoms with Gasteiger partial charge in [-0.1, -0.05) is 29.8 Å². The van der Waals surface area contributed by atoms with Gasteiger partial charge in [-0.2, -0.15) is 23.4 Å². The third kappa shape index (κ3) is 5.46. The van der Waals surface area contributed by atoms with E-state index in [0.717, 1.165) is 30.5 Å². The quantitative estimate of drug-likeness (QED) is 0.370. The van der Waals surface area contributed by atoms with Crippen LogP contribution in [0.5, 0.6) is 0 Å². The van der Waals surface area contributed by atoms with Crippen LogP contribution in [0.15, 0.2) is 67.0 Å². The van der Waals surface area contributed by atoms with Gasteiger partial charge in [-0.25, -0.2) is 0 Å². The number of aryl methyl sites for hydroxylation is 1. The molecule has 2 N–H and O–H groups in total. The number of hydrogen-bond acceptors (Lipinski definition) is 4. The molecular weight excluding hydrogens is 497 g/mol. The van der Waals surface area contributed by atoms with E-state index in [9.17, 15) is 22.8 Å². The monoisotopic (exact) mass is 522 g/mol. The summed E-state index contributed by atoms with van der Waals surface area (Å²) in [5, 5.41) is 13.8. The number of amides is 2. The molecule has 0 radical (unpaired) electrons. The van der Waals surface area contributed by atoms with Crippen molar-refractivity contribution in [1.82, 2.24) is 24.9 Å². The highest BCUT2D eigenvalue weighted by Crippen LogP contribution is 2.31. The Morgan fingerprint density at radius 1 is 1.05 bits per heavy atom. The number of carbonyl (C=O) groups is 2. The number of hydrogen-bond donors (Lipinski definition) is 2. The Kier molecular flexibility index (Phi) is 6.75. The lowest BCUT2D eigenvalue weighted by molar-refractivity contribution is -0.137. The van der Waals surface area contributed by atoms with Gasteiger partial charge in [0.25, 0.3) is 11.8 Å². The first-order valence-corrected chi connectivity index (χ1v) is 12.1. The van der Waals surface area contributed by atoms with E-state index in [1.54, 1.807) is 17.1 Å². The van der Waals surface area contributed by atoms with Gasteiger partial charge in [0, 0.05) is 30.4 Å². The van der Waals surface area contributed by atoms with Crippen LogP contribution in [0.25, 0.3) is 11.3 Å². The maximum atomic E-state index is 12.8. The molecule has 2 aromatic carbocycles. The predicted molar refractivity (Wildman–Crippen MR) is 135 cm³/mol. The summed E-state index contributed by atoms with van der Waals surface area (Å²) in [5.74, 6) is -0.426. The van der Waals surface area contributed by atoms with E-state index in [1.807, 2.05) is 36.1 Å². The van der Waals surface area contributed by atoms with Crippen LogP contribution in [-0.4, -0.2) is 49.8 Å². The van der Waals surface area contributed by atoms with Gasteiger partial charge in [-0.15, -0.1) is 0 Å². The smallest absolute Gasteiger partial charge is 0.338 e. The summed E-state index contributed by atoms with van der Waals surface area (Å²) in [4.78, 5) is 27.4. The molecule has 0 unspecified atom stereocenters. The van der Waals surface area contributed by atoms with Crippen molar-refractivity contribution in [1.29, 1.82) is 0 Å². The summed E-state index contributed by atoms with van der Waals surface area (Å²) in [7, 11) is 0. The molecule has 1 fully saturated rings. The van der Waals surface area contributed by atoms with Crippen LogP contribution < -0.4 is 5.32 Å². The minimum absolute atomic E-state index is 0.0239. The average molecular weight is 523 g/mol. The van der Waals surface area contributed by atoms with Crippen LogP contribution in [-0.2, 0) is 6.18 Å². The van der Waals surface area contributed by atoms with Crippen LogP contribution >= 0.6 is 0 Å². The van der Waals surface area contributed by atoms with Crippen molar-refractivity contribution >= 4 is 17.5 Å². The van der Waals surface area contributed by atoms with Gasteiger partial charge in [0.2, 0.25) is 0 Å². The fourth-order valence-corrected chi connectivity index (χ4v) is 4.51. The molecule has 0 bridgehead atoms. The first-order chi connectivity index (χ1) is 18.2. The Labute approximate surface area is 216 Å². The Bertz CT molecular complexity index is 1450. The lowest BCUT2D eigenvalue weighted by atomic mass is 10.0. The van der Waals surface area contributed by atoms with E-state index in [0.29, 0.717) is 35.6 Å². The normalized spacial score (nSPS) is 14.5. The van der Waals surface area contributed by atoms with Crippen molar-refractivity contribution in [3.63, 3.8) is 0 Å². The molecule has 4 aromatic rings. The molecular formula is C27H25F3N6O2. The second kappa shape index (κ2) is 10.2. The van der Waals surface area contributed by atoms with Crippen molar-refractivity contribution in [2.45, 2.75) is 32.0 Å². The molecule has 2 amide bonds. The molecule has 38 heavy (non-hydrogen) atoms. The summed E-state index contributed by atoms with van der Waals surface area (Å²) >= 11 is 0. The molecule has 0 saturated carbocycles. The summed E-state index contributed by atoms with van der Waals surface area (Å²) in [6.07, 6.45) is 0.353. The van der Waals surface area contributed by atoms with E-state index < -0.39 is 17.6 Å². The zero-order valence-corrected chi connectivity index (χ0v) is 20.5. The number of anilines is 1. The lowest BCUT2D eigenvalue weighted by Crippen LogP contribution is -2.39. The Morgan fingerprint density at radius 3 is 2.47 bits per heavy atom. The van der Waals surface area contributed by atoms with Gasteiger partial charge in [-0.05, 0) is 50.1 Å². The Balaban J connectivity index is 1.17. The molecule has 1 aliphatic heterocycles. The number of rotatable bonds is 5. The van der Waals surface area contributed by atoms with Gasteiger partial charge in [0.15, 0.2) is 0 Å². The third-order valence-corrected chi connectivity index (χ3v) is 6.58. The Hall–Kier alpha value is -4.41. The molecule has 3 heterocycles. The number of aromatic nitrogens is 4. The number of nitrogens with zero attached hydrogens (tertiary/aromatic N) is 4. The zero-order valence-electron chi connectivity index (χ0n) is 20.5. The number of piperidine rings is 1. The molecule has 1 saturated heterocycles. The zero-order chi connectivity index (χ0) is 26.9. The largest absolute Gasteiger partial charge is 0.416 e. The maximum absolute atomic E-state index is 12.8. The van der Waals surface area contributed by atoms with Crippen molar-refractivity contribution in [3.05, 3.63) is 89.4 Å². The number of aromatic amines is 1. The van der Waals surface area contributed by atoms with E-state index in [-0.39, 0.29) is 17.6 Å². The van der Waals surface area contributed by atoms with E-state index in [1.165, 1.54) is 18.2 Å². The number of alkyl halides is 3. The summed E-state index contributed by atoms with van der Waals surface area (Å²) in [6.45, 7) is 3.18. The maximum Gasteiger partial charge on any atom is 0.416 e. The number of H-pyrrole nitrogens is 1. The molecule has 1 aliphatic rings. The van der Waals surface area contributed by atoms with Crippen LogP contribution in [0.3, 0.4) is 0 Å². The van der Waals surface area contributed by atoms with E-state index in [4.69, 9.17) is 0 Å². The first kappa shape index (κ1) is 25.2. The number of nitrogens with one attached hydrogen (secondary N) is 2. The molecule has 5 rings (SSSR count). The number of halogens is 3. The predicted octanol–water partition coefficient (Wildman–Crippen LogP) is 5.33. The summed E-state index contributed by atoms with van der Waals surface area (Å²) < 4.78 is 40.2. The number of carbonyl (C=O) groups excluding carboxylic acids is 2. The molecule has 0 atom stereocenters. The SMILES string of the molecule is Cc1cccc(C(=O)N2CCC(n3cc(NC(=O)c4cc(-c5ccc(C(F)(F)F)cc5)n[nH]4)cn3)CC2)c1. The van der Waals surface area contributed by atoms with Gasteiger partial charge < -0.3 is 10.2 Å². The van der Waals surface area contributed by atoms with Crippen LogP contribution in [0.4, 0.5) is 18.9 Å². The highest BCUT2D eigenvalue weighted by atomic mass is 19.4. The van der Waals surface area contributed by atoms with Crippen molar-refractivity contribution < 1.29 is 22.8 Å². The van der Waals surface area contributed by atoms with Gasteiger partial charge >= 0.3 is 6.18 Å². The second-order valence-corrected chi connectivity index (χ2v) is 9.30. The van der Waals surface area contributed by atoms with E-state index in [2.05, 4.69) is 20.6 Å². The van der Waals surface area contributed by atoms with Crippen LogP contribution in [0, 0.1) is 6.92 Å². The fraction of sp³-hybridized carbons (Fsp3) is 0.259. The lowest BCUT2D eigenvalue weighted by Gasteiger charge is -2.32. The summed E-state index contributed by atoms with van der Waals surface area (Å²) in [5.41, 5.74) is 2.44. The standard InChI is InChI=1S/C27H25F3N6O2/c1-17-3-2-4-19(13-17)26(38)35-11-9-22(10-12-35)36-16-21(15-31-36)32-25(37)24-14-23(33-34-24)18-5-7-20(8-6-18)27(28,29)30/h2-8,13-16,22H,9-12H2,1H3,(H,32,37)(H,33,34). The average Bonchev–Trinajstić information content (AvgIpc) is 3.58. The Morgan fingerprint density at radius 2 is 1.79 bits per heavy atom. The second-order valence-electron chi connectivity index (χ2n) is 9.30. The van der Waals surface area contributed by atoms with Gasteiger partial charge in [0.05, 0.1) is 29.2 Å². The molecule has 2 aromatic heterocycles. The minimum Gasteiger partial charge on any atom is -0.338 e. The molecule has 8 nitrogen and oxygen atoms in total. The fourth-order valence-electron chi connectivity index (χ4n) is 4.51. The summed E-state index contributed by atoms with van der Waals surface area (Å²) in [6, 6.07) is 13.7. The highest BCUT2D eigenvalue weighted by molar-refractivity contribution is 6.03. The van der Waals surface area contributed by atoms with Crippen LogP contribution in [0.2, 0.25) is 0 Å². The molecule has 0 aliphatic carbocycles. The molecule has 0 spiro atoms. The number of benzene rings is 2. The van der Waals surface area contributed by atoms with Crippen molar-refractivity contribution in [3.8, 4) is 11.3 Å². The third-order valence-electron chi connectivity index (χ3n) is 6.58. The van der Waals surface area contributed by atoms with Gasteiger partial charge in [-0.3, -0.25) is 19.4 Å². The van der Waals surface area contributed by atoms with Crippen molar-refractivity contribution in [2.75, 3.05) is 18.4 Å². The van der Waals surface area contributed by atoms with Crippen molar-refractivity contribution in [2.24, 2.45) is 0 Å². The van der Waals surface area contributed by atoms with Gasteiger partial charge in [0.1, 0.15) is 5.69 Å². The highest BCUT2D eigenvalue weighted by Gasteiger charge is 2.30. The number of likely N-dealkylation sites (tertiary alicyclic amines) is 1. The molecule has 196 valence electrons. The van der Waals surface area contributed by atoms with Crippen LogP contribution in [0.1, 0.15) is 50.9 Å². The topological polar surface area (TPSA) is 95.9 Å². The first-order valence-electron chi connectivity index (χ1n) is 12.1.